The summed E-state index contributed by atoms with van der Waals surface area (Å²) in [5, 5.41) is 9.94. The fourth-order valence-corrected chi connectivity index (χ4v) is 6.44. The maximum Gasteiger partial charge on any atom is 0.265 e. The number of nitrogens with zero attached hydrogens (tertiary/aromatic N) is 2. The minimum absolute atomic E-state index is 0.0156. The van der Waals surface area contributed by atoms with Crippen molar-refractivity contribution in [2.75, 3.05) is 4.31 Å². The lowest BCUT2D eigenvalue weighted by atomic mass is 9.87. The van der Waals surface area contributed by atoms with Crippen molar-refractivity contribution >= 4 is 21.5 Å². The number of allylic oxidation sites excluding steroid dienone is 2. The fourth-order valence-electron chi connectivity index (χ4n) is 4.54. The van der Waals surface area contributed by atoms with E-state index in [1.807, 2.05) is 19.1 Å². The first-order valence-corrected chi connectivity index (χ1v) is 12.6. The molecule has 0 fully saturated rings. The number of rotatable bonds is 4. The van der Waals surface area contributed by atoms with Crippen molar-refractivity contribution in [3.05, 3.63) is 117 Å². The first kappa shape index (κ1) is 22.7. The number of sulfonamides is 1. The highest BCUT2D eigenvalue weighted by atomic mass is 32.2. The number of nitrogens with two attached hydrogens (primary N) is 1. The number of hydrogen-bond donors (Lipinski definition) is 1. The molecule has 3 aromatic carbocycles. The maximum atomic E-state index is 14.6. The topological polar surface area (TPSA) is 96.4 Å². The van der Waals surface area contributed by atoms with Gasteiger partial charge in [-0.05, 0) is 35.7 Å². The number of aryl methyl sites for hydroxylation is 1. The molecular formula is C27H22FN3O3S. The highest BCUT2D eigenvalue weighted by Gasteiger charge is 2.47. The molecule has 0 aromatic heterocycles. The summed E-state index contributed by atoms with van der Waals surface area (Å²) in [7, 11) is -4.25. The summed E-state index contributed by atoms with van der Waals surface area (Å²) in [4.78, 5) is -0.0810. The van der Waals surface area contributed by atoms with Gasteiger partial charge in [0.25, 0.3) is 10.0 Å². The van der Waals surface area contributed by atoms with Crippen LogP contribution in [0.1, 0.15) is 35.1 Å². The van der Waals surface area contributed by atoms with Crippen LogP contribution >= 0.6 is 0 Å². The lowest BCUT2D eigenvalue weighted by molar-refractivity contribution is 0.357. The van der Waals surface area contributed by atoms with Gasteiger partial charge in [0.1, 0.15) is 22.4 Å². The summed E-state index contributed by atoms with van der Waals surface area (Å²) in [5.74, 6) is -1.51. The Kier molecular flexibility index (Phi) is 5.58. The van der Waals surface area contributed by atoms with Crippen molar-refractivity contribution in [2.45, 2.75) is 25.8 Å². The Morgan fingerprint density at radius 3 is 2.43 bits per heavy atom. The molecule has 6 nitrogen and oxygen atoms in total. The summed E-state index contributed by atoms with van der Waals surface area (Å²) in [5.41, 5.74) is 8.92. The van der Waals surface area contributed by atoms with Gasteiger partial charge in [-0.15, -0.1) is 0 Å². The molecule has 0 amide bonds. The molecule has 0 spiro atoms. The van der Waals surface area contributed by atoms with Gasteiger partial charge in [-0.3, -0.25) is 4.31 Å². The van der Waals surface area contributed by atoms with E-state index in [4.69, 9.17) is 10.5 Å². The van der Waals surface area contributed by atoms with Crippen LogP contribution in [0.3, 0.4) is 0 Å². The third-order valence-electron chi connectivity index (χ3n) is 6.35. The molecule has 5 rings (SSSR count). The van der Waals surface area contributed by atoms with Gasteiger partial charge < -0.3 is 10.5 Å². The molecular weight excluding hydrogens is 465 g/mol. The maximum absolute atomic E-state index is 14.6. The largest absolute Gasteiger partial charge is 0.439 e. The molecule has 2 aliphatic heterocycles. The highest BCUT2D eigenvalue weighted by Crippen LogP contribution is 2.51. The number of benzene rings is 3. The average Bonchev–Trinajstić information content (AvgIpc) is 2.87. The molecule has 0 saturated carbocycles. The standard InChI is InChI=1S/C27H22FN3O3S/c1-2-17-11-13-18(14-12-17)24-21(15-29)27(30)34-25-20-8-4-6-10-23(20)31(35(32,33)26(24)25)16-19-7-3-5-9-22(19)28/h3-14,24H,2,16,30H2,1H3/t24-/m0/s1. The van der Waals surface area contributed by atoms with Gasteiger partial charge in [0.15, 0.2) is 5.76 Å². The molecule has 0 radical (unpaired) electrons. The van der Waals surface area contributed by atoms with E-state index in [9.17, 15) is 18.1 Å². The van der Waals surface area contributed by atoms with E-state index < -0.39 is 21.8 Å². The Balaban J connectivity index is 1.75. The van der Waals surface area contributed by atoms with Crippen LogP contribution in [0.25, 0.3) is 5.76 Å². The van der Waals surface area contributed by atoms with Crippen LogP contribution in [0.5, 0.6) is 0 Å². The van der Waals surface area contributed by atoms with Gasteiger partial charge in [0.05, 0.1) is 18.2 Å². The number of hydrogen-bond acceptors (Lipinski definition) is 5. The van der Waals surface area contributed by atoms with E-state index in [1.54, 1.807) is 54.6 Å². The number of para-hydroxylation sites is 1. The van der Waals surface area contributed by atoms with E-state index in [1.165, 1.54) is 10.4 Å². The van der Waals surface area contributed by atoms with E-state index in [-0.39, 0.29) is 34.2 Å². The van der Waals surface area contributed by atoms with Crippen molar-refractivity contribution in [3.8, 4) is 6.07 Å². The van der Waals surface area contributed by atoms with Crippen molar-refractivity contribution in [1.82, 2.24) is 0 Å². The van der Waals surface area contributed by atoms with Gasteiger partial charge in [-0.2, -0.15) is 5.26 Å². The molecule has 2 heterocycles. The second kappa shape index (κ2) is 8.60. The lowest BCUT2D eigenvalue weighted by Gasteiger charge is -2.38. The summed E-state index contributed by atoms with van der Waals surface area (Å²) < 4.78 is 49.9. The van der Waals surface area contributed by atoms with Crippen molar-refractivity contribution in [2.24, 2.45) is 5.73 Å². The predicted octanol–water partition coefficient (Wildman–Crippen LogP) is 4.91. The van der Waals surface area contributed by atoms with Crippen LogP contribution in [0.15, 0.2) is 89.2 Å². The first-order valence-electron chi connectivity index (χ1n) is 11.1. The Bertz CT molecular complexity index is 1540. The second-order valence-electron chi connectivity index (χ2n) is 8.33. The van der Waals surface area contributed by atoms with Gasteiger partial charge in [-0.1, -0.05) is 61.5 Å². The van der Waals surface area contributed by atoms with Crippen LogP contribution in [-0.2, 0) is 27.7 Å². The van der Waals surface area contributed by atoms with Gasteiger partial charge in [0.2, 0.25) is 5.88 Å². The molecule has 0 aliphatic carbocycles. The number of nitriles is 1. The molecule has 35 heavy (non-hydrogen) atoms. The molecule has 176 valence electrons. The molecule has 2 N–H and O–H groups in total. The highest BCUT2D eigenvalue weighted by molar-refractivity contribution is 7.96. The molecule has 1 atom stereocenters. The third-order valence-corrected chi connectivity index (χ3v) is 8.23. The lowest BCUT2D eigenvalue weighted by Crippen LogP contribution is -2.39. The van der Waals surface area contributed by atoms with Crippen LogP contribution in [0, 0.1) is 17.1 Å². The summed E-state index contributed by atoms with van der Waals surface area (Å²) in [6.45, 7) is 1.80. The molecule has 0 saturated heterocycles. The Labute approximate surface area is 203 Å². The van der Waals surface area contributed by atoms with E-state index in [0.29, 0.717) is 16.8 Å². The normalized spacial score (nSPS) is 18.4. The monoisotopic (exact) mass is 487 g/mol. The third kappa shape index (κ3) is 3.65. The quantitative estimate of drug-likeness (QED) is 0.564. The van der Waals surface area contributed by atoms with Crippen LogP contribution < -0.4 is 10.0 Å². The van der Waals surface area contributed by atoms with Gasteiger partial charge in [0, 0.05) is 11.1 Å². The van der Waals surface area contributed by atoms with Crippen molar-refractivity contribution in [3.63, 3.8) is 0 Å². The zero-order chi connectivity index (χ0) is 24.7. The molecule has 0 bridgehead atoms. The van der Waals surface area contributed by atoms with Crippen LogP contribution in [0.4, 0.5) is 10.1 Å². The van der Waals surface area contributed by atoms with Gasteiger partial charge in [-0.25, -0.2) is 12.8 Å². The first-order chi connectivity index (χ1) is 16.9. The minimum Gasteiger partial charge on any atom is -0.439 e. The second-order valence-corrected chi connectivity index (χ2v) is 10.2. The van der Waals surface area contributed by atoms with E-state index in [2.05, 4.69) is 6.07 Å². The van der Waals surface area contributed by atoms with Crippen molar-refractivity contribution < 1.29 is 17.5 Å². The van der Waals surface area contributed by atoms with E-state index in [0.717, 1.165) is 12.0 Å². The number of halogens is 1. The minimum atomic E-state index is -4.25. The number of fused-ring (bicyclic) bond motifs is 2. The fraction of sp³-hybridized carbons (Fsp3) is 0.148. The Hall–Kier alpha value is -4.09. The van der Waals surface area contributed by atoms with Crippen LogP contribution in [0.2, 0.25) is 0 Å². The number of anilines is 1. The molecule has 8 heteroatoms. The zero-order valence-electron chi connectivity index (χ0n) is 18.9. The Morgan fingerprint density at radius 2 is 1.74 bits per heavy atom. The van der Waals surface area contributed by atoms with Crippen molar-refractivity contribution in [1.29, 1.82) is 5.26 Å². The number of ether oxygens (including phenoxy) is 1. The SMILES string of the molecule is CCc1ccc([C@H]2C(C#N)=C(N)OC3=C2S(=O)(=O)N(Cc2ccccc2F)c2ccccc23)cc1. The van der Waals surface area contributed by atoms with E-state index >= 15 is 0 Å². The molecule has 3 aromatic rings. The van der Waals surface area contributed by atoms with Gasteiger partial charge >= 0.3 is 0 Å². The Morgan fingerprint density at radius 1 is 1.06 bits per heavy atom. The smallest absolute Gasteiger partial charge is 0.265 e. The molecule has 2 aliphatic rings. The summed E-state index contributed by atoms with van der Waals surface area (Å²) in [6, 6.07) is 22.4. The summed E-state index contributed by atoms with van der Waals surface area (Å²) in [6.07, 6.45) is 0.813. The molecule has 0 unspecified atom stereocenters. The zero-order valence-corrected chi connectivity index (χ0v) is 19.7. The predicted molar refractivity (Wildman–Crippen MR) is 131 cm³/mol. The average molecular weight is 488 g/mol. The summed E-state index contributed by atoms with van der Waals surface area (Å²) >= 11 is 0. The van der Waals surface area contributed by atoms with Crippen LogP contribution in [-0.4, -0.2) is 8.42 Å².